The highest BCUT2D eigenvalue weighted by Gasteiger charge is 2.16. The van der Waals surface area contributed by atoms with E-state index in [4.69, 9.17) is 14.3 Å². The molecule has 0 aliphatic carbocycles. The van der Waals surface area contributed by atoms with Crippen LogP contribution in [0.1, 0.15) is 23.4 Å². The molecule has 2 heterocycles. The van der Waals surface area contributed by atoms with Gasteiger partial charge in [0, 0.05) is 19.2 Å². The van der Waals surface area contributed by atoms with Crippen molar-refractivity contribution in [1.29, 1.82) is 0 Å². The quantitative estimate of drug-likeness (QED) is 0.790. The third kappa shape index (κ3) is 2.50. The standard InChI is InChI=1S/C10H13NO4/c12-10(13)8-3-4-9(15-8)11-6-7-2-1-5-14-7/h3-4,7,11H,1-2,5-6H2,(H,12,13). The van der Waals surface area contributed by atoms with Gasteiger partial charge in [0.2, 0.25) is 5.76 Å². The third-order valence-electron chi connectivity index (χ3n) is 2.34. The van der Waals surface area contributed by atoms with Crippen LogP contribution in [0.3, 0.4) is 0 Å². The average molecular weight is 211 g/mol. The fourth-order valence-electron chi connectivity index (χ4n) is 1.57. The number of rotatable bonds is 4. The monoisotopic (exact) mass is 211 g/mol. The molecule has 2 N–H and O–H groups in total. The molecule has 82 valence electrons. The van der Waals surface area contributed by atoms with E-state index in [1.807, 2.05) is 0 Å². The predicted molar refractivity (Wildman–Crippen MR) is 53.1 cm³/mol. The van der Waals surface area contributed by atoms with Crippen LogP contribution < -0.4 is 5.32 Å². The predicted octanol–water partition coefficient (Wildman–Crippen LogP) is 1.57. The summed E-state index contributed by atoms with van der Waals surface area (Å²) in [6.07, 6.45) is 2.34. The second-order valence-corrected chi connectivity index (χ2v) is 3.48. The van der Waals surface area contributed by atoms with Crippen LogP contribution in [-0.4, -0.2) is 30.3 Å². The molecule has 1 aliphatic rings. The number of carboxylic acid groups (broad SMARTS) is 1. The minimum Gasteiger partial charge on any atom is -0.475 e. The Balaban J connectivity index is 1.84. The summed E-state index contributed by atoms with van der Waals surface area (Å²) < 4.78 is 10.4. The molecule has 1 saturated heterocycles. The fourth-order valence-corrected chi connectivity index (χ4v) is 1.57. The Labute approximate surface area is 87.0 Å². The van der Waals surface area contributed by atoms with Gasteiger partial charge >= 0.3 is 5.97 Å². The van der Waals surface area contributed by atoms with Crippen molar-refractivity contribution in [2.45, 2.75) is 18.9 Å². The lowest BCUT2D eigenvalue weighted by atomic mass is 10.2. The average Bonchev–Trinajstić information content (AvgIpc) is 2.86. The van der Waals surface area contributed by atoms with E-state index in [1.165, 1.54) is 6.07 Å². The zero-order valence-corrected chi connectivity index (χ0v) is 8.23. The van der Waals surface area contributed by atoms with Crippen LogP contribution in [0.5, 0.6) is 0 Å². The van der Waals surface area contributed by atoms with Gasteiger partial charge < -0.3 is 19.6 Å². The Kier molecular flexibility index (Phi) is 2.91. The van der Waals surface area contributed by atoms with Crippen molar-refractivity contribution < 1.29 is 19.1 Å². The first-order valence-electron chi connectivity index (χ1n) is 4.94. The normalized spacial score (nSPS) is 20.4. The van der Waals surface area contributed by atoms with Crippen molar-refractivity contribution in [3.63, 3.8) is 0 Å². The largest absolute Gasteiger partial charge is 0.475 e. The number of carboxylic acids is 1. The first-order chi connectivity index (χ1) is 7.25. The lowest BCUT2D eigenvalue weighted by Gasteiger charge is -2.09. The molecule has 0 bridgehead atoms. The molecule has 5 heteroatoms. The highest BCUT2D eigenvalue weighted by molar-refractivity contribution is 5.84. The number of ether oxygens (including phenoxy) is 1. The van der Waals surface area contributed by atoms with E-state index in [0.29, 0.717) is 12.4 Å². The van der Waals surface area contributed by atoms with Gasteiger partial charge in [0.05, 0.1) is 6.10 Å². The first-order valence-corrected chi connectivity index (χ1v) is 4.94. The van der Waals surface area contributed by atoms with Gasteiger partial charge in [0.15, 0.2) is 5.88 Å². The minimum atomic E-state index is -1.06. The minimum absolute atomic E-state index is 0.0511. The van der Waals surface area contributed by atoms with Gasteiger partial charge in [-0.2, -0.15) is 0 Å². The zero-order valence-electron chi connectivity index (χ0n) is 8.23. The van der Waals surface area contributed by atoms with Crippen molar-refractivity contribution in [2.75, 3.05) is 18.5 Å². The Morgan fingerprint density at radius 1 is 1.60 bits per heavy atom. The van der Waals surface area contributed by atoms with Crippen molar-refractivity contribution >= 4 is 11.9 Å². The zero-order chi connectivity index (χ0) is 10.7. The van der Waals surface area contributed by atoms with E-state index in [0.717, 1.165) is 19.4 Å². The smallest absolute Gasteiger partial charge is 0.371 e. The van der Waals surface area contributed by atoms with E-state index in [2.05, 4.69) is 5.32 Å². The highest BCUT2D eigenvalue weighted by Crippen LogP contribution is 2.16. The molecule has 0 radical (unpaired) electrons. The lowest BCUT2D eigenvalue weighted by Crippen LogP contribution is -2.17. The summed E-state index contributed by atoms with van der Waals surface area (Å²) in [4.78, 5) is 10.5. The molecule has 0 aromatic carbocycles. The maximum absolute atomic E-state index is 10.5. The van der Waals surface area contributed by atoms with Gasteiger partial charge in [-0.1, -0.05) is 0 Å². The first kappa shape index (κ1) is 10.0. The van der Waals surface area contributed by atoms with Crippen LogP contribution in [0, 0.1) is 0 Å². The molecule has 1 fully saturated rings. The summed E-state index contributed by atoms with van der Waals surface area (Å²) in [6, 6.07) is 3.04. The van der Waals surface area contributed by atoms with Crippen LogP contribution >= 0.6 is 0 Å². The van der Waals surface area contributed by atoms with E-state index in [-0.39, 0.29) is 11.9 Å². The summed E-state index contributed by atoms with van der Waals surface area (Å²) in [7, 11) is 0. The molecule has 1 aromatic heterocycles. The van der Waals surface area contributed by atoms with Crippen molar-refractivity contribution in [2.24, 2.45) is 0 Å². The molecule has 0 spiro atoms. The molecule has 2 rings (SSSR count). The third-order valence-corrected chi connectivity index (χ3v) is 2.34. The van der Waals surface area contributed by atoms with Crippen LogP contribution in [0.4, 0.5) is 5.88 Å². The van der Waals surface area contributed by atoms with Gasteiger partial charge in [-0.15, -0.1) is 0 Å². The number of furan rings is 1. The maximum atomic E-state index is 10.5. The van der Waals surface area contributed by atoms with Crippen LogP contribution in [0.2, 0.25) is 0 Å². The summed E-state index contributed by atoms with van der Waals surface area (Å²) in [5, 5.41) is 11.6. The second-order valence-electron chi connectivity index (χ2n) is 3.48. The van der Waals surface area contributed by atoms with Crippen LogP contribution in [-0.2, 0) is 4.74 Å². The molecule has 1 aromatic rings. The number of carbonyl (C=O) groups is 1. The summed E-state index contributed by atoms with van der Waals surface area (Å²) in [5.41, 5.74) is 0. The molecular weight excluding hydrogens is 198 g/mol. The van der Waals surface area contributed by atoms with Crippen molar-refractivity contribution in [1.82, 2.24) is 0 Å². The molecule has 0 saturated carbocycles. The Morgan fingerprint density at radius 2 is 2.47 bits per heavy atom. The number of aromatic carboxylic acids is 1. The van der Waals surface area contributed by atoms with Gasteiger partial charge in [-0.25, -0.2) is 4.79 Å². The Bertz CT molecular complexity index is 341. The maximum Gasteiger partial charge on any atom is 0.371 e. The van der Waals surface area contributed by atoms with Crippen LogP contribution in [0.15, 0.2) is 16.5 Å². The van der Waals surface area contributed by atoms with Crippen molar-refractivity contribution in [3.8, 4) is 0 Å². The molecule has 15 heavy (non-hydrogen) atoms. The van der Waals surface area contributed by atoms with Gasteiger partial charge in [0.1, 0.15) is 0 Å². The molecule has 1 aliphatic heterocycles. The van der Waals surface area contributed by atoms with E-state index < -0.39 is 5.97 Å². The number of hydrogen-bond acceptors (Lipinski definition) is 4. The highest BCUT2D eigenvalue weighted by atomic mass is 16.5. The van der Waals surface area contributed by atoms with Crippen molar-refractivity contribution in [3.05, 3.63) is 17.9 Å². The van der Waals surface area contributed by atoms with Gasteiger partial charge in [-0.3, -0.25) is 0 Å². The number of nitrogens with one attached hydrogen (secondary N) is 1. The molecule has 5 nitrogen and oxygen atoms in total. The fraction of sp³-hybridized carbons (Fsp3) is 0.500. The van der Waals surface area contributed by atoms with Crippen LogP contribution in [0.25, 0.3) is 0 Å². The molecular formula is C10H13NO4. The summed E-state index contributed by atoms with van der Waals surface area (Å²) >= 11 is 0. The topological polar surface area (TPSA) is 71.7 Å². The van der Waals surface area contributed by atoms with Gasteiger partial charge in [-0.05, 0) is 18.9 Å². The summed E-state index contributed by atoms with van der Waals surface area (Å²) in [5.74, 6) is -0.632. The number of hydrogen-bond donors (Lipinski definition) is 2. The number of anilines is 1. The molecule has 1 atom stereocenters. The Morgan fingerprint density at radius 3 is 3.07 bits per heavy atom. The van der Waals surface area contributed by atoms with E-state index >= 15 is 0 Å². The second kappa shape index (κ2) is 4.35. The Hall–Kier alpha value is -1.49. The van der Waals surface area contributed by atoms with Gasteiger partial charge in [0.25, 0.3) is 0 Å². The molecule has 0 amide bonds. The SMILES string of the molecule is O=C(O)c1ccc(NCC2CCCO2)o1. The van der Waals surface area contributed by atoms with E-state index in [9.17, 15) is 4.79 Å². The summed E-state index contributed by atoms with van der Waals surface area (Å²) in [6.45, 7) is 1.47. The van der Waals surface area contributed by atoms with E-state index in [1.54, 1.807) is 6.07 Å². The lowest BCUT2D eigenvalue weighted by molar-refractivity contribution is 0.0663. The molecule has 1 unspecified atom stereocenters.